The standard InChI is InChI=1S/C17H19BrClN/c1-4-16(13-5-7-15(19)8-6-13)20-17-11(2)9-14(18)10-12(17)3/h5-10,16,20H,4H2,1-3H3. The normalized spacial score (nSPS) is 12.2. The van der Waals surface area contributed by atoms with Crippen LogP contribution in [0.5, 0.6) is 0 Å². The van der Waals surface area contributed by atoms with Crippen LogP contribution in [0.1, 0.15) is 36.1 Å². The summed E-state index contributed by atoms with van der Waals surface area (Å²) in [4.78, 5) is 0. The second kappa shape index (κ2) is 6.64. The topological polar surface area (TPSA) is 12.0 Å². The molecule has 2 aromatic rings. The van der Waals surface area contributed by atoms with Gasteiger partial charge in [-0.05, 0) is 61.2 Å². The van der Waals surface area contributed by atoms with Crippen molar-refractivity contribution in [2.45, 2.75) is 33.2 Å². The Morgan fingerprint density at radius 1 is 1.10 bits per heavy atom. The second-order valence-corrected chi connectivity index (χ2v) is 6.42. The molecule has 0 saturated carbocycles. The molecule has 0 spiro atoms. The van der Waals surface area contributed by atoms with Crippen molar-refractivity contribution in [2.75, 3.05) is 5.32 Å². The highest BCUT2D eigenvalue weighted by Gasteiger charge is 2.12. The summed E-state index contributed by atoms with van der Waals surface area (Å²) in [6, 6.07) is 12.7. The molecule has 20 heavy (non-hydrogen) atoms. The van der Waals surface area contributed by atoms with Gasteiger partial charge in [0.25, 0.3) is 0 Å². The molecule has 0 aliphatic rings. The highest BCUT2D eigenvalue weighted by atomic mass is 79.9. The van der Waals surface area contributed by atoms with Gasteiger partial charge in [-0.25, -0.2) is 0 Å². The average molecular weight is 353 g/mol. The molecule has 0 radical (unpaired) electrons. The lowest BCUT2D eigenvalue weighted by Gasteiger charge is -2.22. The van der Waals surface area contributed by atoms with E-state index in [2.05, 4.69) is 66.3 Å². The minimum absolute atomic E-state index is 0.297. The maximum atomic E-state index is 5.96. The van der Waals surface area contributed by atoms with Gasteiger partial charge in [-0.1, -0.05) is 46.6 Å². The highest BCUT2D eigenvalue weighted by Crippen LogP contribution is 2.30. The molecule has 1 N–H and O–H groups in total. The largest absolute Gasteiger partial charge is 0.378 e. The lowest BCUT2D eigenvalue weighted by Crippen LogP contribution is -2.11. The van der Waals surface area contributed by atoms with Crippen LogP contribution in [0.3, 0.4) is 0 Å². The number of rotatable bonds is 4. The first-order chi connectivity index (χ1) is 9.51. The van der Waals surface area contributed by atoms with Crippen molar-refractivity contribution in [3.05, 3.63) is 62.6 Å². The Bertz CT molecular complexity index is 569. The smallest absolute Gasteiger partial charge is 0.0511 e. The molecule has 106 valence electrons. The van der Waals surface area contributed by atoms with E-state index in [-0.39, 0.29) is 0 Å². The van der Waals surface area contributed by atoms with Gasteiger partial charge < -0.3 is 5.32 Å². The van der Waals surface area contributed by atoms with Crippen LogP contribution in [0.2, 0.25) is 5.02 Å². The fraction of sp³-hybridized carbons (Fsp3) is 0.294. The Kier molecular flexibility index (Phi) is 5.11. The monoisotopic (exact) mass is 351 g/mol. The molecule has 0 fully saturated rings. The molecule has 0 bridgehead atoms. The van der Waals surface area contributed by atoms with Gasteiger partial charge in [-0.3, -0.25) is 0 Å². The molecule has 1 unspecified atom stereocenters. The van der Waals surface area contributed by atoms with Gasteiger partial charge in [0.2, 0.25) is 0 Å². The van der Waals surface area contributed by atoms with Gasteiger partial charge in [-0.15, -0.1) is 0 Å². The lowest BCUT2D eigenvalue weighted by molar-refractivity contribution is 0.747. The zero-order valence-electron chi connectivity index (χ0n) is 12.0. The number of aryl methyl sites for hydroxylation is 2. The van der Waals surface area contributed by atoms with E-state index >= 15 is 0 Å². The molecule has 0 aliphatic heterocycles. The Morgan fingerprint density at radius 2 is 1.65 bits per heavy atom. The Hall–Kier alpha value is -0.990. The van der Waals surface area contributed by atoms with Gasteiger partial charge in [0, 0.05) is 15.2 Å². The van der Waals surface area contributed by atoms with E-state index in [1.54, 1.807) is 0 Å². The fourth-order valence-electron chi connectivity index (χ4n) is 2.43. The highest BCUT2D eigenvalue weighted by molar-refractivity contribution is 9.10. The molecular formula is C17H19BrClN. The predicted molar refractivity (Wildman–Crippen MR) is 91.7 cm³/mol. The summed E-state index contributed by atoms with van der Waals surface area (Å²) in [6.45, 7) is 6.46. The molecule has 0 heterocycles. The summed E-state index contributed by atoms with van der Waals surface area (Å²) < 4.78 is 1.12. The number of benzene rings is 2. The van der Waals surface area contributed by atoms with Crippen molar-refractivity contribution in [1.29, 1.82) is 0 Å². The first-order valence-electron chi connectivity index (χ1n) is 6.80. The van der Waals surface area contributed by atoms with Crippen LogP contribution in [-0.2, 0) is 0 Å². The van der Waals surface area contributed by atoms with Crippen molar-refractivity contribution in [3.8, 4) is 0 Å². The van der Waals surface area contributed by atoms with Crippen LogP contribution >= 0.6 is 27.5 Å². The quantitative estimate of drug-likeness (QED) is 0.682. The molecule has 0 aliphatic carbocycles. The van der Waals surface area contributed by atoms with Crippen molar-refractivity contribution < 1.29 is 0 Å². The van der Waals surface area contributed by atoms with Crippen molar-refractivity contribution in [3.63, 3.8) is 0 Å². The van der Waals surface area contributed by atoms with E-state index in [9.17, 15) is 0 Å². The second-order valence-electron chi connectivity index (χ2n) is 5.07. The van der Waals surface area contributed by atoms with E-state index in [1.807, 2.05) is 12.1 Å². The van der Waals surface area contributed by atoms with Crippen molar-refractivity contribution in [2.24, 2.45) is 0 Å². The van der Waals surface area contributed by atoms with Crippen LogP contribution < -0.4 is 5.32 Å². The third-order valence-electron chi connectivity index (χ3n) is 3.50. The zero-order valence-corrected chi connectivity index (χ0v) is 14.3. The Morgan fingerprint density at radius 3 is 2.15 bits per heavy atom. The van der Waals surface area contributed by atoms with E-state index < -0.39 is 0 Å². The van der Waals surface area contributed by atoms with Crippen LogP contribution in [0.15, 0.2) is 40.9 Å². The van der Waals surface area contributed by atoms with Crippen molar-refractivity contribution >= 4 is 33.2 Å². The summed E-state index contributed by atoms with van der Waals surface area (Å²) in [7, 11) is 0. The van der Waals surface area contributed by atoms with Gasteiger partial charge >= 0.3 is 0 Å². The number of hydrogen-bond donors (Lipinski definition) is 1. The van der Waals surface area contributed by atoms with E-state index in [0.717, 1.165) is 15.9 Å². The van der Waals surface area contributed by atoms with Gasteiger partial charge in [0.1, 0.15) is 0 Å². The van der Waals surface area contributed by atoms with Gasteiger partial charge in [0.15, 0.2) is 0 Å². The summed E-state index contributed by atoms with van der Waals surface area (Å²) in [5, 5.41) is 4.44. The van der Waals surface area contributed by atoms with Gasteiger partial charge in [0.05, 0.1) is 6.04 Å². The maximum absolute atomic E-state index is 5.96. The van der Waals surface area contributed by atoms with Gasteiger partial charge in [-0.2, -0.15) is 0 Å². The zero-order chi connectivity index (χ0) is 14.7. The van der Waals surface area contributed by atoms with Crippen LogP contribution in [0.25, 0.3) is 0 Å². The van der Waals surface area contributed by atoms with E-state index in [0.29, 0.717) is 6.04 Å². The molecule has 1 atom stereocenters. The summed E-state index contributed by atoms with van der Waals surface area (Å²) in [5.41, 5.74) is 4.99. The lowest BCUT2D eigenvalue weighted by atomic mass is 10.0. The minimum atomic E-state index is 0.297. The van der Waals surface area contributed by atoms with Crippen molar-refractivity contribution in [1.82, 2.24) is 0 Å². The first-order valence-corrected chi connectivity index (χ1v) is 7.97. The number of nitrogens with one attached hydrogen (secondary N) is 1. The molecule has 0 saturated heterocycles. The summed E-state index contributed by atoms with van der Waals surface area (Å²) in [5.74, 6) is 0. The Labute approximate surface area is 134 Å². The molecule has 1 nitrogen and oxygen atoms in total. The Balaban J connectivity index is 2.29. The maximum Gasteiger partial charge on any atom is 0.0511 e. The van der Waals surface area contributed by atoms with E-state index in [4.69, 9.17) is 11.6 Å². The average Bonchev–Trinajstić information content (AvgIpc) is 2.39. The minimum Gasteiger partial charge on any atom is -0.378 e. The van der Waals surface area contributed by atoms with Crippen LogP contribution in [0.4, 0.5) is 5.69 Å². The molecule has 0 aromatic heterocycles. The molecule has 0 amide bonds. The molecule has 3 heteroatoms. The molecule has 2 rings (SSSR count). The SMILES string of the molecule is CCC(Nc1c(C)cc(Br)cc1C)c1ccc(Cl)cc1. The molecule has 2 aromatic carbocycles. The van der Waals surface area contributed by atoms with Crippen LogP contribution in [0, 0.1) is 13.8 Å². The number of halogens is 2. The van der Waals surface area contributed by atoms with E-state index in [1.165, 1.54) is 22.4 Å². The third kappa shape index (κ3) is 3.56. The summed E-state index contributed by atoms with van der Waals surface area (Å²) in [6.07, 6.45) is 1.02. The molecular weight excluding hydrogens is 334 g/mol. The fourth-order valence-corrected chi connectivity index (χ4v) is 3.24. The third-order valence-corrected chi connectivity index (χ3v) is 4.21. The number of anilines is 1. The predicted octanol–water partition coefficient (Wildman–Crippen LogP) is 6.28. The number of hydrogen-bond acceptors (Lipinski definition) is 1. The van der Waals surface area contributed by atoms with Crippen LogP contribution in [-0.4, -0.2) is 0 Å². The first kappa shape index (κ1) is 15.4. The summed E-state index contributed by atoms with van der Waals surface area (Å²) >= 11 is 9.50.